The molecule has 0 aliphatic carbocycles. The number of thioether (sulfide) groups is 1. The molecular weight excluding hydrogens is 482 g/mol. The van der Waals surface area contributed by atoms with E-state index >= 15 is 0 Å². The van der Waals surface area contributed by atoms with Gasteiger partial charge in [-0.05, 0) is 60.7 Å². The molecule has 0 radical (unpaired) electrons. The van der Waals surface area contributed by atoms with Crippen LogP contribution in [0.5, 0.6) is 17.2 Å². The van der Waals surface area contributed by atoms with Crippen LogP contribution in [0, 0.1) is 10.1 Å². The van der Waals surface area contributed by atoms with Gasteiger partial charge in [-0.1, -0.05) is 30.3 Å². The van der Waals surface area contributed by atoms with E-state index in [1.165, 1.54) is 25.3 Å². The van der Waals surface area contributed by atoms with Crippen molar-refractivity contribution in [1.29, 1.82) is 0 Å². The fourth-order valence-electron chi connectivity index (χ4n) is 3.37. The van der Waals surface area contributed by atoms with Gasteiger partial charge in [-0.15, -0.1) is 0 Å². The molecule has 9 nitrogen and oxygen atoms in total. The molecule has 4 rings (SSSR count). The lowest BCUT2D eigenvalue weighted by atomic mass is 10.1. The summed E-state index contributed by atoms with van der Waals surface area (Å²) in [6.45, 7) is 2.68. The lowest BCUT2D eigenvalue weighted by molar-refractivity contribution is -0.385. The number of ether oxygens (including phenoxy) is 3. The second-order valence-electron chi connectivity index (χ2n) is 7.50. The third-order valence-corrected chi connectivity index (χ3v) is 5.97. The number of carbonyl (C=O) groups excluding carboxylic acids is 1. The Labute approximate surface area is 211 Å². The summed E-state index contributed by atoms with van der Waals surface area (Å²) in [5, 5.41) is 14.9. The average molecular weight is 506 g/mol. The number of methoxy groups -OCH3 is 1. The second-order valence-corrected chi connectivity index (χ2v) is 8.53. The first kappa shape index (κ1) is 24.8. The lowest BCUT2D eigenvalue weighted by Crippen LogP contribution is -2.19. The molecule has 1 aliphatic rings. The molecule has 0 bridgehead atoms. The van der Waals surface area contributed by atoms with Gasteiger partial charge < -0.3 is 19.5 Å². The van der Waals surface area contributed by atoms with Gasteiger partial charge in [0.2, 0.25) is 0 Å². The number of hydrogen-bond acceptors (Lipinski definition) is 8. The van der Waals surface area contributed by atoms with Gasteiger partial charge in [0.05, 0.1) is 40.9 Å². The van der Waals surface area contributed by atoms with Crippen molar-refractivity contribution < 1.29 is 23.9 Å². The molecule has 184 valence electrons. The number of hydrogen-bond donors (Lipinski definition) is 1. The number of nitro groups is 1. The van der Waals surface area contributed by atoms with Gasteiger partial charge >= 0.3 is 0 Å². The average Bonchev–Trinajstić information content (AvgIpc) is 3.22. The van der Waals surface area contributed by atoms with Crippen molar-refractivity contribution >= 4 is 40.3 Å². The fourth-order valence-corrected chi connectivity index (χ4v) is 4.20. The summed E-state index contributed by atoms with van der Waals surface area (Å²) in [5.41, 5.74) is 1.54. The van der Waals surface area contributed by atoms with Crippen LogP contribution in [-0.4, -0.2) is 29.7 Å². The predicted octanol–water partition coefficient (Wildman–Crippen LogP) is 5.47. The first-order valence-electron chi connectivity index (χ1n) is 11.0. The molecule has 1 N–H and O–H groups in total. The van der Waals surface area contributed by atoms with E-state index in [0.717, 1.165) is 23.1 Å². The van der Waals surface area contributed by atoms with E-state index in [1.54, 1.807) is 24.3 Å². The highest BCUT2D eigenvalue weighted by Crippen LogP contribution is 2.38. The molecule has 1 amide bonds. The Balaban J connectivity index is 1.58. The number of carbonyl (C=O) groups is 1. The van der Waals surface area contributed by atoms with E-state index in [1.807, 2.05) is 37.3 Å². The molecule has 0 unspecified atom stereocenters. The van der Waals surface area contributed by atoms with E-state index < -0.39 is 10.8 Å². The van der Waals surface area contributed by atoms with Crippen LogP contribution in [0.25, 0.3) is 6.08 Å². The summed E-state index contributed by atoms with van der Waals surface area (Å²) in [5.74, 6) is 0.872. The smallest absolute Gasteiger partial charge is 0.280 e. The molecular formula is C26H23N3O6S. The molecule has 1 fully saturated rings. The zero-order valence-electron chi connectivity index (χ0n) is 19.6. The quantitative estimate of drug-likeness (QED) is 0.233. The fraction of sp³-hybridized carbons (Fsp3) is 0.154. The zero-order valence-corrected chi connectivity index (χ0v) is 20.4. The standard InChI is InChI=1S/C26H23N3O6S/c1-3-34-20-11-9-19(10-12-20)27-26-28-25(30)24(36-26)14-18-13-22(33-2)23(15-21(18)29(31)32)35-16-17-7-5-4-6-8-17/h4-15H,3,16H2,1-2H3,(H,27,28,30). The van der Waals surface area contributed by atoms with Gasteiger partial charge in [0.1, 0.15) is 12.4 Å². The molecule has 1 aliphatic heterocycles. The first-order valence-corrected chi connectivity index (χ1v) is 11.8. The van der Waals surface area contributed by atoms with Crippen LogP contribution in [0.3, 0.4) is 0 Å². The molecule has 1 saturated heterocycles. The summed E-state index contributed by atoms with van der Waals surface area (Å²) >= 11 is 1.09. The van der Waals surface area contributed by atoms with Gasteiger partial charge in [0, 0.05) is 0 Å². The number of aliphatic imine (C=N–C) groups is 1. The third-order valence-electron chi connectivity index (χ3n) is 5.06. The van der Waals surface area contributed by atoms with Crippen molar-refractivity contribution in [1.82, 2.24) is 5.32 Å². The predicted molar refractivity (Wildman–Crippen MR) is 139 cm³/mol. The summed E-state index contributed by atoms with van der Waals surface area (Å²) < 4.78 is 16.6. The first-order chi connectivity index (χ1) is 17.5. The molecule has 0 saturated carbocycles. The van der Waals surface area contributed by atoms with Crippen molar-refractivity contribution in [3.05, 3.63) is 92.9 Å². The Hall–Kier alpha value is -4.31. The number of rotatable bonds is 9. The zero-order chi connectivity index (χ0) is 25.5. The largest absolute Gasteiger partial charge is 0.494 e. The molecule has 0 spiro atoms. The van der Waals surface area contributed by atoms with Crippen molar-refractivity contribution in [3.63, 3.8) is 0 Å². The number of benzene rings is 3. The number of nitro benzene ring substituents is 1. The number of amidine groups is 1. The SMILES string of the molecule is CCOc1ccc(N=C2NC(=O)C(=Cc3cc(OC)c(OCc4ccccc4)cc3[N+](=O)[O-])S2)cc1. The molecule has 0 atom stereocenters. The monoisotopic (exact) mass is 505 g/mol. The minimum absolute atomic E-state index is 0.211. The van der Waals surface area contributed by atoms with Gasteiger partial charge in [-0.3, -0.25) is 14.9 Å². The van der Waals surface area contributed by atoms with Crippen LogP contribution < -0.4 is 19.5 Å². The normalized spacial score (nSPS) is 15.1. The van der Waals surface area contributed by atoms with E-state index in [0.29, 0.717) is 23.2 Å². The van der Waals surface area contributed by atoms with Crippen molar-refractivity contribution in [2.75, 3.05) is 13.7 Å². The van der Waals surface area contributed by atoms with E-state index in [4.69, 9.17) is 14.2 Å². The van der Waals surface area contributed by atoms with Crippen LogP contribution in [0.15, 0.2) is 76.6 Å². The Morgan fingerprint density at radius 2 is 1.81 bits per heavy atom. The minimum atomic E-state index is -0.520. The maximum absolute atomic E-state index is 12.6. The Morgan fingerprint density at radius 3 is 2.47 bits per heavy atom. The van der Waals surface area contributed by atoms with Crippen molar-refractivity contribution in [2.24, 2.45) is 4.99 Å². The maximum atomic E-state index is 12.6. The van der Waals surface area contributed by atoms with Crippen LogP contribution in [0.2, 0.25) is 0 Å². The number of amides is 1. The number of nitrogens with zero attached hydrogens (tertiary/aromatic N) is 2. The molecule has 0 aromatic heterocycles. The van der Waals surface area contributed by atoms with Crippen LogP contribution in [0.4, 0.5) is 11.4 Å². The number of nitrogens with one attached hydrogen (secondary N) is 1. The highest BCUT2D eigenvalue weighted by molar-refractivity contribution is 8.18. The summed E-state index contributed by atoms with van der Waals surface area (Å²) in [6, 6.07) is 19.4. The van der Waals surface area contributed by atoms with Gasteiger partial charge in [-0.2, -0.15) is 0 Å². The molecule has 3 aromatic rings. The topological polar surface area (TPSA) is 112 Å². The van der Waals surface area contributed by atoms with E-state index in [2.05, 4.69) is 10.3 Å². The summed E-state index contributed by atoms with van der Waals surface area (Å²) in [6.07, 6.45) is 1.45. The summed E-state index contributed by atoms with van der Waals surface area (Å²) in [7, 11) is 1.45. The van der Waals surface area contributed by atoms with Gasteiger partial charge in [0.25, 0.3) is 11.6 Å². The Kier molecular flexibility index (Phi) is 7.86. The van der Waals surface area contributed by atoms with Crippen LogP contribution >= 0.6 is 11.8 Å². The Morgan fingerprint density at radius 1 is 1.06 bits per heavy atom. The van der Waals surface area contributed by atoms with Crippen molar-refractivity contribution in [3.8, 4) is 17.2 Å². The lowest BCUT2D eigenvalue weighted by Gasteiger charge is -2.12. The summed E-state index contributed by atoms with van der Waals surface area (Å²) in [4.78, 5) is 28.6. The maximum Gasteiger partial charge on any atom is 0.280 e. The highest BCUT2D eigenvalue weighted by atomic mass is 32.2. The second kappa shape index (κ2) is 11.4. The minimum Gasteiger partial charge on any atom is -0.494 e. The molecule has 10 heteroatoms. The molecule has 3 aromatic carbocycles. The van der Waals surface area contributed by atoms with E-state index in [9.17, 15) is 14.9 Å². The van der Waals surface area contributed by atoms with Crippen LogP contribution in [0.1, 0.15) is 18.1 Å². The molecule has 36 heavy (non-hydrogen) atoms. The van der Waals surface area contributed by atoms with Crippen molar-refractivity contribution in [2.45, 2.75) is 13.5 Å². The highest BCUT2D eigenvalue weighted by Gasteiger charge is 2.26. The van der Waals surface area contributed by atoms with Gasteiger partial charge in [0.15, 0.2) is 16.7 Å². The third kappa shape index (κ3) is 6.02. The van der Waals surface area contributed by atoms with Gasteiger partial charge in [-0.25, -0.2) is 4.99 Å². The Bertz CT molecular complexity index is 1320. The molecule has 1 heterocycles. The van der Waals surface area contributed by atoms with E-state index in [-0.39, 0.29) is 28.5 Å². The van der Waals surface area contributed by atoms with Crippen LogP contribution in [-0.2, 0) is 11.4 Å².